The minimum absolute atomic E-state index is 0.168. The number of aromatic amines is 1. The van der Waals surface area contributed by atoms with Crippen molar-refractivity contribution in [2.24, 2.45) is 0 Å². The van der Waals surface area contributed by atoms with Crippen LogP contribution in [0, 0.1) is 0 Å². The third kappa shape index (κ3) is 6.88. The van der Waals surface area contributed by atoms with E-state index in [0.29, 0.717) is 12.2 Å². The minimum atomic E-state index is -5.08. The lowest BCUT2D eigenvalue weighted by Crippen LogP contribution is -2.26. The van der Waals surface area contributed by atoms with E-state index in [9.17, 15) is 18.0 Å². The van der Waals surface area contributed by atoms with E-state index in [1.54, 1.807) is 12.4 Å². The molecule has 0 aliphatic rings. The minimum Gasteiger partial charge on any atom is -0.475 e. The van der Waals surface area contributed by atoms with Crippen LogP contribution in [0.3, 0.4) is 0 Å². The number of hydrogen-bond donors (Lipinski definition) is 3. The van der Waals surface area contributed by atoms with Gasteiger partial charge in [-0.1, -0.05) is 34.1 Å². The number of carboxylic acids is 1. The van der Waals surface area contributed by atoms with E-state index in [2.05, 4.69) is 36.4 Å². The van der Waals surface area contributed by atoms with Crippen molar-refractivity contribution in [2.45, 2.75) is 12.6 Å². The first-order chi connectivity index (χ1) is 16.1. The van der Waals surface area contributed by atoms with Gasteiger partial charge in [0.2, 0.25) is 0 Å². The molecule has 0 saturated carbocycles. The molecule has 4 aromatic rings. The average Bonchev–Trinajstić information content (AvgIpc) is 3.28. The molecule has 0 fully saturated rings. The van der Waals surface area contributed by atoms with Crippen LogP contribution in [0.5, 0.6) is 0 Å². The summed E-state index contributed by atoms with van der Waals surface area (Å²) in [6.07, 6.45) is -0.857. The molecule has 1 amide bonds. The summed E-state index contributed by atoms with van der Waals surface area (Å²) in [5, 5.41) is 18.1. The number of halogens is 4. The second-order valence-corrected chi connectivity index (χ2v) is 7.95. The highest BCUT2D eigenvalue weighted by molar-refractivity contribution is 9.10. The van der Waals surface area contributed by atoms with Crippen LogP contribution < -0.4 is 5.32 Å². The number of pyridine rings is 1. The van der Waals surface area contributed by atoms with Crippen LogP contribution >= 0.6 is 15.9 Å². The summed E-state index contributed by atoms with van der Waals surface area (Å²) in [6, 6.07) is 17.8. The Hall–Kier alpha value is -3.73. The topological polar surface area (TPSA) is 108 Å². The van der Waals surface area contributed by atoms with Gasteiger partial charge in [0.05, 0.1) is 11.7 Å². The molecule has 0 bridgehead atoms. The van der Waals surface area contributed by atoms with Crippen LogP contribution in [0.25, 0.3) is 22.0 Å². The number of alkyl halides is 3. The van der Waals surface area contributed by atoms with Gasteiger partial charge in [-0.25, -0.2) is 4.79 Å². The number of hydrogen-bond acceptors (Lipinski definition) is 4. The molecule has 0 atom stereocenters. The summed E-state index contributed by atoms with van der Waals surface area (Å²) in [4.78, 5) is 25.6. The number of nitrogens with one attached hydrogen (secondary N) is 2. The highest BCUT2D eigenvalue weighted by Gasteiger charge is 2.38. The quantitative estimate of drug-likeness (QED) is 0.334. The normalized spacial score (nSPS) is 10.9. The number of nitrogens with zero attached hydrogens (tertiary/aromatic N) is 2. The molecule has 0 spiro atoms. The van der Waals surface area contributed by atoms with Gasteiger partial charge in [-0.05, 0) is 59.5 Å². The molecular weight excluding hydrogens is 517 g/mol. The fourth-order valence-corrected chi connectivity index (χ4v) is 3.18. The monoisotopic (exact) mass is 534 g/mol. The van der Waals surface area contributed by atoms with Crippen molar-refractivity contribution >= 4 is 38.7 Å². The molecule has 0 aliphatic carbocycles. The van der Waals surface area contributed by atoms with Gasteiger partial charge < -0.3 is 10.4 Å². The SMILES string of the molecule is O=C(NCCc1ccc(Br)cc1)c1cc(-c2ccc3[nH]ncc3c2)ccn1.O=C(O)C(F)(F)F. The first-order valence-electron chi connectivity index (χ1n) is 9.86. The maximum atomic E-state index is 12.4. The van der Waals surface area contributed by atoms with E-state index in [0.717, 1.165) is 32.9 Å². The molecule has 2 aromatic heterocycles. The van der Waals surface area contributed by atoms with Gasteiger partial charge >= 0.3 is 12.1 Å². The number of rotatable bonds is 5. The van der Waals surface area contributed by atoms with E-state index in [1.165, 1.54) is 5.56 Å². The molecule has 0 saturated heterocycles. The Balaban J connectivity index is 0.000000406. The highest BCUT2D eigenvalue weighted by Crippen LogP contribution is 2.23. The predicted molar refractivity (Wildman–Crippen MR) is 123 cm³/mol. The van der Waals surface area contributed by atoms with Crippen LogP contribution in [-0.2, 0) is 11.2 Å². The van der Waals surface area contributed by atoms with Gasteiger partial charge in [0, 0.05) is 22.6 Å². The fourth-order valence-electron chi connectivity index (χ4n) is 2.92. The van der Waals surface area contributed by atoms with Crippen LogP contribution in [0.1, 0.15) is 16.1 Å². The van der Waals surface area contributed by atoms with E-state index < -0.39 is 12.1 Å². The molecule has 4 rings (SSSR count). The van der Waals surface area contributed by atoms with E-state index in [1.807, 2.05) is 54.6 Å². The number of amides is 1. The van der Waals surface area contributed by atoms with Gasteiger partial charge in [-0.15, -0.1) is 0 Å². The standard InChI is InChI=1S/C21H17BrN4O.C2HF3O2/c22-18-4-1-14(2-5-18)7-9-24-21(27)20-12-16(8-10-23-20)15-3-6-19-17(11-15)13-25-26-19;3-2(4,5)1(6)7/h1-6,8,10-13H,7,9H2,(H,24,27)(H,25,26);(H,6,7). The van der Waals surface area contributed by atoms with Crippen molar-refractivity contribution in [1.29, 1.82) is 0 Å². The Morgan fingerprint density at radius 3 is 2.38 bits per heavy atom. The van der Waals surface area contributed by atoms with Gasteiger partial charge in [0.15, 0.2) is 0 Å². The number of carboxylic acid groups (broad SMARTS) is 1. The summed E-state index contributed by atoms with van der Waals surface area (Å²) in [6.45, 7) is 0.563. The zero-order chi connectivity index (χ0) is 24.7. The summed E-state index contributed by atoms with van der Waals surface area (Å²) in [5.41, 5.74) is 4.55. The molecule has 0 radical (unpaired) electrons. The Morgan fingerprint density at radius 2 is 1.71 bits per heavy atom. The summed E-state index contributed by atoms with van der Waals surface area (Å²) >= 11 is 3.42. The number of H-pyrrole nitrogens is 1. The molecule has 176 valence electrons. The molecule has 0 unspecified atom stereocenters. The van der Waals surface area contributed by atoms with E-state index >= 15 is 0 Å². The number of benzene rings is 2. The second kappa shape index (κ2) is 10.9. The Labute approximate surface area is 200 Å². The zero-order valence-corrected chi connectivity index (χ0v) is 19.0. The van der Waals surface area contributed by atoms with Gasteiger partial charge in [-0.3, -0.25) is 14.9 Å². The van der Waals surface area contributed by atoms with Crippen molar-refractivity contribution in [3.05, 3.63) is 82.7 Å². The van der Waals surface area contributed by atoms with Crippen LogP contribution in [0.2, 0.25) is 0 Å². The Morgan fingerprint density at radius 1 is 1.03 bits per heavy atom. The lowest BCUT2D eigenvalue weighted by atomic mass is 10.0. The second-order valence-electron chi connectivity index (χ2n) is 7.04. The fraction of sp³-hybridized carbons (Fsp3) is 0.130. The first kappa shape index (κ1) is 24.9. The zero-order valence-electron chi connectivity index (χ0n) is 17.4. The van der Waals surface area contributed by atoms with Gasteiger partial charge in [0.25, 0.3) is 5.91 Å². The third-order valence-corrected chi connectivity index (χ3v) is 5.15. The van der Waals surface area contributed by atoms with Crippen LogP contribution in [-0.4, -0.2) is 44.9 Å². The van der Waals surface area contributed by atoms with Crippen LogP contribution in [0.15, 0.2) is 71.5 Å². The molecule has 7 nitrogen and oxygen atoms in total. The van der Waals surface area contributed by atoms with Crippen molar-refractivity contribution in [3.63, 3.8) is 0 Å². The van der Waals surface area contributed by atoms with E-state index in [-0.39, 0.29) is 5.91 Å². The third-order valence-electron chi connectivity index (χ3n) is 4.62. The van der Waals surface area contributed by atoms with Gasteiger partial charge in [-0.2, -0.15) is 18.3 Å². The Kier molecular flexibility index (Phi) is 8.00. The number of carbonyl (C=O) groups excluding carboxylic acids is 1. The first-order valence-corrected chi connectivity index (χ1v) is 10.6. The number of fused-ring (bicyclic) bond motifs is 1. The molecule has 2 aromatic carbocycles. The predicted octanol–water partition coefficient (Wildman–Crippen LogP) is 4.99. The molecular formula is C23H18BrF3N4O3. The Bertz CT molecular complexity index is 1290. The lowest BCUT2D eigenvalue weighted by molar-refractivity contribution is -0.192. The maximum Gasteiger partial charge on any atom is 0.490 e. The number of aliphatic carboxylic acids is 1. The molecule has 34 heavy (non-hydrogen) atoms. The van der Waals surface area contributed by atoms with E-state index in [4.69, 9.17) is 9.90 Å². The van der Waals surface area contributed by atoms with Crippen molar-refractivity contribution in [2.75, 3.05) is 6.54 Å². The summed E-state index contributed by atoms with van der Waals surface area (Å²) in [7, 11) is 0. The van der Waals surface area contributed by atoms with Crippen molar-refractivity contribution < 1.29 is 27.9 Å². The molecule has 0 aliphatic heterocycles. The summed E-state index contributed by atoms with van der Waals surface area (Å²) in [5.74, 6) is -2.93. The molecule has 2 heterocycles. The highest BCUT2D eigenvalue weighted by atomic mass is 79.9. The van der Waals surface area contributed by atoms with Crippen LogP contribution in [0.4, 0.5) is 13.2 Å². The maximum absolute atomic E-state index is 12.4. The van der Waals surface area contributed by atoms with Crippen molar-refractivity contribution in [1.82, 2.24) is 20.5 Å². The van der Waals surface area contributed by atoms with Crippen molar-refractivity contribution in [3.8, 4) is 11.1 Å². The number of carbonyl (C=O) groups is 2. The number of aromatic nitrogens is 3. The average molecular weight is 535 g/mol. The lowest BCUT2D eigenvalue weighted by Gasteiger charge is -2.07. The molecule has 3 N–H and O–H groups in total. The smallest absolute Gasteiger partial charge is 0.475 e. The van der Waals surface area contributed by atoms with Gasteiger partial charge in [0.1, 0.15) is 5.69 Å². The summed E-state index contributed by atoms with van der Waals surface area (Å²) < 4.78 is 32.8. The molecule has 11 heteroatoms. The largest absolute Gasteiger partial charge is 0.490 e.